The number of carbonyl (C=O) groups excluding carboxylic acids is 1. The first-order valence-electron chi connectivity index (χ1n) is 6.02. The number of nitrogens with one attached hydrogen (secondary N) is 2. The van der Waals surface area contributed by atoms with E-state index >= 15 is 0 Å². The first-order valence-corrected chi connectivity index (χ1v) is 6.02. The van der Waals surface area contributed by atoms with Gasteiger partial charge in [-0.3, -0.25) is 4.79 Å². The van der Waals surface area contributed by atoms with E-state index in [4.69, 9.17) is 4.74 Å². The Balaban J connectivity index is 1.67. The van der Waals surface area contributed by atoms with Crippen LogP contribution < -0.4 is 10.6 Å². The molecule has 0 radical (unpaired) electrons. The van der Waals surface area contributed by atoms with Crippen LogP contribution in [0.25, 0.3) is 0 Å². The molecule has 2 rings (SSSR count). The molecule has 0 bridgehead atoms. The summed E-state index contributed by atoms with van der Waals surface area (Å²) < 4.78 is 5.30. The van der Waals surface area contributed by atoms with Crippen molar-refractivity contribution in [3.8, 4) is 0 Å². The maximum absolute atomic E-state index is 11.7. The van der Waals surface area contributed by atoms with Gasteiger partial charge in [0.15, 0.2) is 0 Å². The molecule has 2 fully saturated rings. The van der Waals surface area contributed by atoms with Crippen molar-refractivity contribution in [2.75, 3.05) is 32.8 Å². The third-order valence-corrected chi connectivity index (χ3v) is 3.41. The molecule has 1 unspecified atom stereocenters. The van der Waals surface area contributed by atoms with Crippen molar-refractivity contribution in [2.45, 2.75) is 19.8 Å². The normalized spacial score (nSPS) is 24.1. The summed E-state index contributed by atoms with van der Waals surface area (Å²) in [5, 5.41) is 6.12. The van der Waals surface area contributed by atoms with E-state index in [9.17, 15) is 4.79 Å². The molecule has 0 aromatic carbocycles. The van der Waals surface area contributed by atoms with E-state index in [2.05, 4.69) is 10.6 Å². The second-order valence-electron chi connectivity index (χ2n) is 4.61. The summed E-state index contributed by atoms with van der Waals surface area (Å²) in [7, 11) is 0. The quantitative estimate of drug-likeness (QED) is 0.682. The Kier molecular flexibility index (Phi) is 3.96. The topological polar surface area (TPSA) is 50.4 Å². The number of hydrogen-bond donors (Lipinski definition) is 2. The van der Waals surface area contributed by atoms with Crippen LogP contribution in [0.4, 0.5) is 0 Å². The van der Waals surface area contributed by atoms with Gasteiger partial charge in [0, 0.05) is 38.4 Å². The van der Waals surface area contributed by atoms with Gasteiger partial charge >= 0.3 is 0 Å². The molecule has 0 aliphatic carbocycles. The minimum Gasteiger partial charge on any atom is -0.381 e. The molecular weight excluding hydrogens is 204 g/mol. The highest BCUT2D eigenvalue weighted by Gasteiger charge is 2.17. The third kappa shape index (κ3) is 2.83. The van der Waals surface area contributed by atoms with E-state index in [0.717, 1.165) is 51.3 Å². The molecule has 1 amide bonds. The highest BCUT2D eigenvalue weighted by Crippen LogP contribution is 2.15. The van der Waals surface area contributed by atoms with E-state index < -0.39 is 0 Å². The Hall–Kier alpha value is -0.870. The largest absolute Gasteiger partial charge is 0.381 e. The Bertz CT molecular complexity index is 287. The standard InChI is InChI=1S/C12H20N2O2/c1-9(11-6-13-7-11)12(15)14-4-2-10-3-5-16-8-10/h10,13H,2-8H2,1H3,(H,14,15). The van der Waals surface area contributed by atoms with Crippen LogP contribution in [0.5, 0.6) is 0 Å². The maximum Gasteiger partial charge on any atom is 0.246 e. The van der Waals surface area contributed by atoms with Gasteiger partial charge in [0.25, 0.3) is 0 Å². The number of rotatable bonds is 4. The van der Waals surface area contributed by atoms with Gasteiger partial charge in [-0.2, -0.15) is 0 Å². The van der Waals surface area contributed by atoms with Crippen LogP contribution in [0, 0.1) is 5.92 Å². The second kappa shape index (κ2) is 5.46. The van der Waals surface area contributed by atoms with Gasteiger partial charge in [-0.25, -0.2) is 0 Å². The number of carbonyl (C=O) groups is 1. The summed E-state index contributed by atoms with van der Waals surface area (Å²) >= 11 is 0. The van der Waals surface area contributed by atoms with Gasteiger partial charge < -0.3 is 15.4 Å². The van der Waals surface area contributed by atoms with Crippen LogP contribution in [-0.4, -0.2) is 38.8 Å². The SMILES string of the molecule is CC(C(=O)NCCC1CCOC1)=C1CNC1. The van der Waals surface area contributed by atoms with Crippen LogP contribution in [0.1, 0.15) is 19.8 Å². The molecule has 1 atom stereocenters. The average Bonchev–Trinajstić information content (AvgIpc) is 2.67. The predicted molar refractivity (Wildman–Crippen MR) is 62.1 cm³/mol. The monoisotopic (exact) mass is 224 g/mol. The van der Waals surface area contributed by atoms with Gasteiger partial charge in [-0.15, -0.1) is 0 Å². The lowest BCUT2D eigenvalue weighted by Gasteiger charge is -2.21. The van der Waals surface area contributed by atoms with Crippen LogP contribution in [-0.2, 0) is 9.53 Å². The van der Waals surface area contributed by atoms with E-state index in [0.29, 0.717) is 5.92 Å². The molecule has 2 saturated heterocycles. The number of hydrogen-bond acceptors (Lipinski definition) is 3. The average molecular weight is 224 g/mol. The fourth-order valence-electron chi connectivity index (χ4n) is 2.01. The van der Waals surface area contributed by atoms with Crippen molar-refractivity contribution in [3.05, 3.63) is 11.1 Å². The molecule has 16 heavy (non-hydrogen) atoms. The second-order valence-corrected chi connectivity index (χ2v) is 4.61. The summed E-state index contributed by atoms with van der Waals surface area (Å²) in [5.41, 5.74) is 2.13. The van der Waals surface area contributed by atoms with Gasteiger partial charge in [0.1, 0.15) is 0 Å². The van der Waals surface area contributed by atoms with Crippen molar-refractivity contribution in [1.29, 1.82) is 0 Å². The Morgan fingerprint density at radius 2 is 2.38 bits per heavy atom. The van der Waals surface area contributed by atoms with Crippen molar-refractivity contribution in [3.63, 3.8) is 0 Å². The molecule has 2 aliphatic heterocycles. The molecule has 0 saturated carbocycles. The number of amides is 1. The van der Waals surface area contributed by atoms with E-state index in [1.807, 2.05) is 6.92 Å². The molecular formula is C12H20N2O2. The predicted octanol–water partition coefficient (Wildman–Crippen LogP) is 0.449. The lowest BCUT2D eigenvalue weighted by Crippen LogP contribution is -2.38. The highest BCUT2D eigenvalue weighted by atomic mass is 16.5. The molecule has 0 aromatic heterocycles. The minimum absolute atomic E-state index is 0.0930. The van der Waals surface area contributed by atoms with Crippen molar-refractivity contribution in [1.82, 2.24) is 10.6 Å². The zero-order chi connectivity index (χ0) is 11.4. The van der Waals surface area contributed by atoms with Gasteiger partial charge in [-0.1, -0.05) is 0 Å². The summed E-state index contributed by atoms with van der Waals surface area (Å²) in [4.78, 5) is 11.7. The van der Waals surface area contributed by atoms with E-state index in [1.165, 1.54) is 5.57 Å². The Morgan fingerprint density at radius 3 is 2.94 bits per heavy atom. The summed E-state index contributed by atoms with van der Waals surface area (Å²) in [6.07, 6.45) is 2.17. The molecule has 90 valence electrons. The fourth-order valence-corrected chi connectivity index (χ4v) is 2.01. The summed E-state index contributed by atoms with van der Waals surface area (Å²) in [5.74, 6) is 0.731. The molecule has 4 heteroatoms. The molecule has 2 heterocycles. The highest BCUT2D eigenvalue weighted by molar-refractivity contribution is 5.93. The Labute approximate surface area is 96.4 Å². The molecule has 2 aliphatic rings. The Morgan fingerprint density at radius 1 is 1.56 bits per heavy atom. The lowest BCUT2D eigenvalue weighted by molar-refractivity contribution is -0.117. The first kappa shape index (κ1) is 11.6. The molecule has 0 aromatic rings. The van der Waals surface area contributed by atoms with Crippen molar-refractivity contribution < 1.29 is 9.53 Å². The van der Waals surface area contributed by atoms with Crippen molar-refractivity contribution >= 4 is 5.91 Å². The maximum atomic E-state index is 11.7. The van der Waals surface area contributed by atoms with Crippen molar-refractivity contribution in [2.24, 2.45) is 5.92 Å². The van der Waals surface area contributed by atoms with E-state index in [1.54, 1.807) is 0 Å². The van der Waals surface area contributed by atoms with Gasteiger partial charge in [0.2, 0.25) is 5.91 Å². The van der Waals surface area contributed by atoms with Gasteiger partial charge in [0.05, 0.1) is 0 Å². The van der Waals surface area contributed by atoms with Gasteiger partial charge in [-0.05, 0) is 31.3 Å². The van der Waals surface area contributed by atoms with Crippen LogP contribution in [0.15, 0.2) is 11.1 Å². The van der Waals surface area contributed by atoms with Crippen LogP contribution in [0.2, 0.25) is 0 Å². The van der Waals surface area contributed by atoms with Crippen LogP contribution >= 0.6 is 0 Å². The lowest BCUT2D eigenvalue weighted by atomic mass is 10.0. The summed E-state index contributed by atoms with van der Waals surface area (Å²) in [6, 6.07) is 0. The molecule has 0 spiro atoms. The van der Waals surface area contributed by atoms with Crippen LogP contribution in [0.3, 0.4) is 0 Å². The molecule has 2 N–H and O–H groups in total. The third-order valence-electron chi connectivity index (χ3n) is 3.41. The zero-order valence-corrected chi connectivity index (χ0v) is 9.84. The summed E-state index contributed by atoms with van der Waals surface area (Å²) in [6.45, 7) is 6.16. The fraction of sp³-hybridized carbons (Fsp3) is 0.750. The smallest absolute Gasteiger partial charge is 0.246 e. The zero-order valence-electron chi connectivity index (χ0n) is 9.84. The molecule has 4 nitrogen and oxygen atoms in total. The minimum atomic E-state index is 0.0930. The first-order chi connectivity index (χ1) is 7.77. The number of ether oxygens (including phenoxy) is 1. The van der Waals surface area contributed by atoms with E-state index in [-0.39, 0.29) is 5.91 Å².